The average molecular weight is 284 g/mol. The van der Waals surface area contributed by atoms with Crippen LogP contribution < -0.4 is 0 Å². The number of morpholine rings is 2. The third-order valence-electron chi connectivity index (χ3n) is 4.72. The molecule has 2 aliphatic rings. The molecule has 0 spiro atoms. The van der Waals surface area contributed by atoms with Crippen molar-refractivity contribution in [2.24, 2.45) is 0 Å². The van der Waals surface area contributed by atoms with E-state index in [9.17, 15) is 0 Å². The molecule has 0 bridgehead atoms. The Bertz CT molecular complexity index is 307. The van der Waals surface area contributed by atoms with Crippen molar-refractivity contribution >= 4 is 0 Å². The van der Waals surface area contributed by atoms with Crippen molar-refractivity contribution in [3.8, 4) is 0 Å². The Morgan fingerprint density at radius 2 is 1.80 bits per heavy atom. The summed E-state index contributed by atoms with van der Waals surface area (Å²) in [4.78, 5) is 5.10. The number of ether oxygens (including phenoxy) is 2. The minimum atomic E-state index is 0.183. The average Bonchev–Trinajstić information content (AvgIpc) is 2.38. The molecule has 4 nitrogen and oxygen atoms in total. The highest BCUT2D eigenvalue weighted by Gasteiger charge is 2.34. The van der Waals surface area contributed by atoms with Crippen molar-refractivity contribution in [1.29, 1.82) is 0 Å². The molecule has 2 rings (SSSR count). The van der Waals surface area contributed by atoms with Gasteiger partial charge in [0.2, 0.25) is 0 Å². The Morgan fingerprint density at radius 1 is 1.10 bits per heavy atom. The van der Waals surface area contributed by atoms with Crippen LogP contribution in [0.25, 0.3) is 0 Å². The highest BCUT2D eigenvalue weighted by molar-refractivity contribution is 4.89. The molecule has 0 radical (unpaired) electrons. The standard InChI is InChI=1S/C16H32N2O2/c1-13(2)17-6-8-20-15(12-17)10-16(4,5)18-7-9-19-14(3)11-18/h13-15H,6-12H2,1-5H3/t14-,15+/m1/s1. The summed E-state index contributed by atoms with van der Waals surface area (Å²) in [5.74, 6) is 0. The smallest absolute Gasteiger partial charge is 0.0720 e. The summed E-state index contributed by atoms with van der Waals surface area (Å²) in [6, 6.07) is 0.618. The van der Waals surface area contributed by atoms with E-state index in [0.717, 1.165) is 45.8 Å². The van der Waals surface area contributed by atoms with E-state index in [4.69, 9.17) is 9.47 Å². The van der Waals surface area contributed by atoms with Crippen LogP contribution in [0.4, 0.5) is 0 Å². The summed E-state index contributed by atoms with van der Waals surface area (Å²) < 4.78 is 11.7. The van der Waals surface area contributed by atoms with Gasteiger partial charge in [0.25, 0.3) is 0 Å². The maximum atomic E-state index is 6.01. The first-order valence-corrected chi connectivity index (χ1v) is 8.11. The van der Waals surface area contributed by atoms with Gasteiger partial charge in [0.1, 0.15) is 0 Å². The lowest BCUT2D eigenvalue weighted by Gasteiger charge is -2.46. The van der Waals surface area contributed by atoms with Crippen LogP contribution in [-0.2, 0) is 9.47 Å². The SMILES string of the molecule is CC(C)N1CCO[C@@H](CC(C)(C)N2CCO[C@H](C)C2)C1. The molecule has 2 aliphatic heterocycles. The topological polar surface area (TPSA) is 24.9 Å². The Labute approximate surface area is 124 Å². The third-order valence-corrected chi connectivity index (χ3v) is 4.72. The molecule has 0 aromatic carbocycles. The van der Waals surface area contributed by atoms with Gasteiger partial charge in [0.05, 0.1) is 25.4 Å². The molecule has 2 fully saturated rings. The fourth-order valence-corrected chi connectivity index (χ4v) is 3.39. The zero-order valence-corrected chi connectivity index (χ0v) is 13.9. The van der Waals surface area contributed by atoms with Crippen molar-refractivity contribution in [1.82, 2.24) is 9.80 Å². The molecule has 0 aromatic heterocycles. The van der Waals surface area contributed by atoms with Crippen molar-refractivity contribution in [3.05, 3.63) is 0 Å². The minimum absolute atomic E-state index is 0.183. The van der Waals surface area contributed by atoms with Crippen LogP contribution in [0.1, 0.15) is 41.0 Å². The summed E-state index contributed by atoms with van der Waals surface area (Å²) in [5.41, 5.74) is 0.183. The predicted octanol–water partition coefficient (Wildman–Crippen LogP) is 1.98. The highest BCUT2D eigenvalue weighted by Crippen LogP contribution is 2.26. The molecule has 2 atom stereocenters. The monoisotopic (exact) mass is 284 g/mol. The van der Waals surface area contributed by atoms with Gasteiger partial charge in [-0.3, -0.25) is 9.80 Å². The Balaban J connectivity index is 1.90. The number of hydrogen-bond donors (Lipinski definition) is 0. The zero-order chi connectivity index (χ0) is 14.8. The van der Waals surface area contributed by atoms with Gasteiger partial charge in [-0.1, -0.05) is 0 Å². The van der Waals surface area contributed by atoms with Crippen molar-refractivity contribution in [2.45, 2.75) is 64.8 Å². The lowest BCUT2D eigenvalue weighted by Crippen LogP contribution is -2.55. The molecule has 0 N–H and O–H groups in total. The number of rotatable bonds is 4. The van der Waals surface area contributed by atoms with Gasteiger partial charge >= 0.3 is 0 Å². The lowest BCUT2D eigenvalue weighted by atomic mass is 9.92. The fraction of sp³-hybridized carbons (Fsp3) is 1.00. The molecular weight excluding hydrogens is 252 g/mol. The van der Waals surface area contributed by atoms with E-state index in [1.54, 1.807) is 0 Å². The fourth-order valence-electron chi connectivity index (χ4n) is 3.39. The van der Waals surface area contributed by atoms with E-state index in [1.165, 1.54) is 0 Å². The second-order valence-corrected chi connectivity index (χ2v) is 7.23. The number of nitrogens with zero attached hydrogens (tertiary/aromatic N) is 2. The largest absolute Gasteiger partial charge is 0.376 e. The first-order chi connectivity index (χ1) is 9.38. The van der Waals surface area contributed by atoms with Crippen LogP contribution >= 0.6 is 0 Å². The van der Waals surface area contributed by atoms with Crippen LogP contribution in [0.2, 0.25) is 0 Å². The molecule has 0 amide bonds. The molecular formula is C16H32N2O2. The Kier molecular flexibility index (Phi) is 5.46. The van der Waals surface area contributed by atoms with Gasteiger partial charge in [-0.15, -0.1) is 0 Å². The first kappa shape index (κ1) is 16.2. The first-order valence-electron chi connectivity index (χ1n) is 8.11. The molecule has 0 aromatic rings. The van der Waals surface area contributed by atoms with E-state index in [-0.39, 0.29) is 5.54 Å². The van der Waals surface area contributed by atoms with Gasteiger partial charge < -0.3 is 9.47 Å². The van der Waals surface area contributed by atoms with Gasteiger partial charge in [-0.25, -0.2) is 0 Å². The second kappa shape index (κ2) is 6.73. The molecule has 20 heavy (non-hydrogen) atoms. The predicted molar refractivity (Wildman–Crippen MR) is 82.1 cm³/mol. The zero-order valence-electron chi connectivity index (χ0n) is 13.9. The van der Waals surface area contributed by atoms with Crippen molar-refractivity contribution < 1.29 is 9.47 Å². The quantitative estimate of drug-likeness (QED) is 0.788. The molecule has 0 aliphatic carbocycles. The van der Waals surface area contributed by atoms with Crippen LogP contribution in [0.15, 0.2) is 0 Å². The van der Waals surface area contributed by atoms with Crippen molar-refractivity contribution in [3.63, 3.8) is 0 Å². The highest BCUT2D eigenvalue weighted by atomic mass is 16.5. The van der Waals surface area contributed by atoms with Crippen LogP contribution in [0, 0.1) is 0 Å². The van der Waals surface area contributed by atoms with Gasteiger partial charge in [0.15, 0.2) is 0 Å². The van der Waals surface area contributed by atoms with Gasteiger partial charge in [0, 0.05) is 37.8 Å². The van der Waals surface area contributed by atoms with Gasteiger partial charge in [-0.05, 0) is 41.0 Å². The molecule has 4 heteroatoms. The van der Waals surface area contributed by atoms with Crippen LogP contribution in [0.3, 0.4) is 0 Å². The molecule has 2 saturated heterocycles. The normalized spacial score (nSPS) is 30.9. The molecule has 2 heterocycles. The van der Waals surface area contributed by atoms with E-state index in [2.05, 4.69) is 44.4 Å². The van der Waals surface area contributed by atoms with E-state index < -0.39 is 0 Å². The van der Waals surface area contributed by atoms with E-state index >= 15 is 0 Å². The minimum Gasteiger partial charge on any atom is -0.376 e. The second-order valence-electron chi connectivity index (χ2n) is 7.23. The third kappa shape index (κ3) is 4.17. The number of hydrogen-bond acceptors (Lipinski definition) is 4. The van der Waals surface area contributed by atoms with Gasteiger partial charge in [-0.2, -0.15) is 0 Å². The summed E-state index contributed by atoms with van der Waals surface area (Å²) in [5, 5.41) is 0. The summed E-state index contributed by atoms with van der Waals surface area (Å²) in [6.07, 6.45) is 1.81. The molecule has 0 unspecified atom stereocenters. The van der Waals surface area contributed by atoms with E-state index in [1.807, 2.05) is 0 Å². The summed E-state index contributed by atoms with van der Waals surface area (Å²) >= 11 is 0. The summed E-state index contributed by atoms with van der Waals surface area (Å²) in [7, 11) is 0. The molecule has 118 valence electrons. The Morgan fingerprint density at radius 3 is 2.45 bits per heavy atom. The van der Waals surface area contributed by atoms with Crippen molar-refractivity contribution in [2.75, 3.05) is 39.4 Å². The van der Waals surface area contributed by atoms with Crippen LogP contribution in [0.5, 0.6) is 0 Å². The Hall–Kier alpha value is -0.160. The maximum Gasteiger partial charge on any atom is 0.0720 e. The maximum absolute atomic E-state index is 6.01. The molecule has 0 saturated carbocycles. The van der Waals surface area contributed by atoms with E-state index in [0.29, 0.717) is 18.2 Å². The van der Waals surface area contributed by atoms with Crippen LogP contribution in [-0.4, -0.2) is 73.0 Å². The lowest BCUT2D eigenvalue weighted by molar-refractivity contribution is -0.0900. The summed E-state index contributed by atoms with van der Waals surface area (Å²) in [6.45, 7) is 17.4.